The number of para-hydroxylation sites is 2. The predicted octanol–water partition coefficient (Wildman–Crippen LogP) is 5.48. The van der Waals surface area contributed by atoms with Gasteiger partial charge in [-0.25, -0.2) is 0 Å². The minimum absolute atomic E-state index is 0.759. The summed E-state index contributed by atoms with van der Waals surface area (Å²) in [6.45, 7) is 2.11. The van der Waals surface area contributed by atoms with Crippen molar-refractivity contribution < 1.29 is 0 Å². The Morgan fingerprint density at radius 1 is 0.833 bits per heavy atom. The van der Waals surface area contributed by atoms with Gasteiger partial charge in [0.05, 0.1) is 11.2 Å². The molecule has 146 valence electrons. The maximum atomic E-state index is 4.58. The number of fused-ring (bicyclic) bond motifs is 1. The van der Waals surface area contributed by atoms with E-state index in [-0.39, 0.29) is 0 Å². The van der Waals surface area contributed by atoms with Crippen LogP contribution in [0.2, 0.25) is 0 Å². The summed E-state index contributed by atoms with van der Waals surface area (Å²) >= 11 is 1.67. The normalized spacial score (nSPS) is 11.1. The Kier molecular flexibility index (Phi) is 4.99. The van der Waals surface area contributed by atoms with E-state index in [0.717, 1.165) is 38.9 Å². The molecule has 5 nitrogen and oxygen atoms in total. The second-order valence-electron chi connectivity index (χ2n) is 6.94. The number of aromatic nitrogens is 5. The van der Waals surface area contributed by atoms with Crippen molar-refractivity contribution in [3.63, 3.8) is 0 Å². The third-order valence-electron chi connectivity index (χ3n) is 5.00. The highest BCUT2D eigenvalue weighted by molar-refractivity contribution is 7.98. The van der Waals surface area contributed by atoms with Gasteiger partial charge in [0.2, 0.25) is 0 Å². The van der Waals surface area contributed by atoms with Gasteiger partial charge >= 0.3 is 0 Å². The van der Waals surface area contributed by atoms with Crippen LogP contribution in [0.5, 0.6) is 0 Å². The van der Waals surface area contributed by atoms with E-state index in [1.165, 1.54) is 11.1 Å². The molecule has 0 N–H and O–H groups in total. The largest absolute Gasteiger partial charge is 0.270 e. The molecule has 0 bridgehead atoms. The molecule has 0 radical (unpaired) electrons. The summed E-state index contributed by atoms with van der Waals surface area (Å²) in [5.41, 5.74) is 5.44. The Bertz CT molecular complexity index is 1310. The molecule has 2 aromatic carbocycles. The highest BCUT2D eigenvalue weighted by Crippen LogP contribution is 2.31. The van der Waals surface area contributed by atoms with E-state index in [9.17, 15) is 0 Å². The lowest BCUT2D eigenvalue weighted by atomic mass is 10.1. The first-order valence-electron chi connectivity index (χ1n) is 9.68. The van der Waals surface area contributed by atoms with Gasteiger partial charge in [0.25, 0.3) is 0 Å². The van der Waals surface area contributed by atoms with Crippen LogP contribution < -0.4 is 0 Å². The first-order valence-corrected chi connectivity index (χ1v) is 10.7. The maximum absolute atomic E-state index is 4.58. The maximum Gasteiger partial charge on any atom is 0.196 e. The van der Waals surface area contributed by atoms with Crippen molar-refractivity contribution in [2.24, 2.45) is 0 Å². The van der Waals surface area contributed by atoms with Crippen LogP contribution in [0.25, 0.3) is 28.0 Å². The van der Waals surface area contributed by atoms with E-state index in [1.54, 1.807) is 24.2 Å². The van der Waals surface area contributed by atoms with Crippen LogP contribution in [0.1, 0.15) is 11.1 Å². The van der Waals surface area contributed by atoms with Crippen LogP contribution in [0.15, 0.2) is 90.5 Å². The van der Waals surface area contributed by atoms with Gasteiger partial charge in [-0.1, -0.05) is 54.2 Å². The quantitative estimate of drug-likeness (QED) is 0.360. The predicted molar refractivity (Wildman–Crippen MR) is 121 cm³/mol. The van der Waals surface area contributed by atoms with Crippen molar-refractivity contribution in [1.29, 1.82) is 0 Å². The first-order chi connectivity index (χ1) is 14.8. The van der Waals surface area contributed by atoms with E-state index in [1.807, 2.05) is 36.5 Å². The fourth-order valence-electron chi connectivity index (χ4n) is 3.51. The van der Waals surface area contributed by atoms with Gasteiger partial charge in [-0.3, -0.25) is 14.5 Å². The zero-order valence-corrected chi connectivity index (χ0v) is 17.3. The third kappa shape index (κ3) is 3.46. The number of aryl methyl sites for hydroxylation is 1. The Balaban J connectivity index is 1.57. The second-order valence-corrected chi connectivity index (χ2v) is 7.89. The minimum Gasteiger partial charge on any atom is -0.270 e. The molecule has 0 unspecified atom stereocenters. The highest BCUT2D eigenvalue weighted by atomic mass is 32.2. The molecule has 3 heterocycles. The zero-order chi connectivity index (χ0) is 20.3. The number of rotatable bonds is 5. The standard InChI is InChI=1S/C24H19N5S/c1-17-6-2-3-10-21(17)29-23(19-11-14-25-15-12-19)27-28-24(29)30-16-20-8-4-7-18-9-5-13-26-22(18)20/h2-15H,16H2,1H3. The van der Waals surface area contributed by atoms with Crippen LogP contribution in [0, 0.1) is 6.92 Å². The summed E-state index contributed by atoms with van der Waals surface area (Å²) in [5.74, 6) is 1.57. The molecular weight excluding hydrogens is 390 g/mol. The van der Waals surface area contributed by atoms with Crippen molar-refractivity contribution in [3.05, 3.63) is 96.4 Å². The van der Waals surface area contributed by atoms with E-state index >= 15 is 0 Å². The lowest BCUT2D eigenvalue weighted by molar-refractivity contribution is 0.880. The second kappa shape index (κ2) is 8.08. The molecule has 0 saturated heterocycles. The summed E-state index contributed by atoms with van der Waals surface area (Å²) in [4.78, 5) is 8.71. The van der Waals surface area contributed by atoms with Crippen molar-refractivity contribution >= 4 is 22.7 Å². The molecule has 0 aliphatic rings. The van der Waals surface area contributed by atoms with Crippen molar-refractivity contribution in [1.82, 2.24) is 24.7 Å². The van der Waals surface area contributed by atoms with Gasteiger partial charge in [-0.05, 0) is 42.3 Å². The molecule has 30 heavy (non-hydrogen) atoms. The number of thioether (sulfide) groups is 1. The SMILES string of the molecule is Cc1ccccc1-n1c(SCc2cccc3cccnc23)nnc1-c1ccncc1. The molecular formula is C24H19N5S. The van der Waals surface area contributed by atoms with Gasteiger partial charge in [0.1, 0.15) is 0 Å². The molecule has 0 aliphatic heterocycles. The monoisotopic (exact) mass is 409 g/mol. The van der Waals surface area contributed by atoms with Gasteiger partial charge in [0.15, 0.2) is 11.0 Å². The third-order valence-corrected chi connectivity index (χ3v) is 5.98. The van der Waals surface area contributed by atoms with E-state index in [0.29, 0.717) is 0 Å². The Hall–Kier alpha value is -3.51. The average Bonchev–Trinajstić information content (AvgIpc) is 3.22. The Labute approximate surface area is 178 Å². The average molecular weight is 410 g/mol. The molecule has 0 saturated carbocycles. The topological polar surface area (TPSA) is 56.5 Å². The van der Waals surface area contributed by atoms with Gasteiger partial charge in [-0.2, -0.15) is 0 Å². The molecule has 5 aromatic rings. The molecule has 0 aliphatic carbocycles. The number of pyridine rings is 2. The van der Waals surface area contributed by atoms with Crippen LogP contribution in [0.3, 0.4) is 0 Å². The van der Waals surface area contributed by atoms with Crippen LogP contribution in [-0.4, -0.2) is 24.7 Å². The van der Waals surface area contributed by atoms with Crippen LogP contribution in [0.4, 0.5) is 0 Å². The van der Waals surface area contributed by atoms with Gasteiger partial charge in [0, 0.05) is 35.3 Å². The molecule has 3 aromatic heterocycles. The van der Waals surface area contributed by atoms with E-state index < -0.39 is 0 Å². The summed E-state index contributed by atoms with van der Waals surface area (Å²) < 4.78 is 2.13. The molecule has 0 fully saturated rings. The Morgan fingerprint density at radius 3 is 2.53 bits per heavy atom. The summed E-state index contributed by atoms with van der Waals surface area (Å²) in [6, 6.07) is 22.6. The van der Waals surface area contributed by atoms with Crippen LogP contribution >= 0.6 is 11.8 Å². The first kappa shape index (κ1) is 18.5. The molecule has 0 spiro atoms. The van der Waals surface area contributed by atoms with E-state index in [4.69, 9.17) is 0 Å². The van der Waals surface area contributed by atoms with Crippen molar-refractivity contribution in [3.8, 4) is 17.1 Å². The number of hydrogen-bond donors (Lipinski definition) is 0. The van der Waals surface area contributed by atoms with Crippen molar-refractivity contribution in [2.45, 2.75) is 17.8 Å². The van der Waals surface area contributed by atoms with Gasteiger partial charge < -0.3 is 0 Å². The van der Waals surface area contributed by atoms with E-state index in [2.05, 4.69) is 68.1 Å². The number of hydrogen-bond acceptors (Lipinski definition) is 5. The fraction of sp³-hybridized carbons (Fsp3) is 0.0833. The highest BCUT2D eigenvalue weighted by Gasteiger charge is 2.18. The van der Waals surface area contributed by atoms with Crippen molar-refractivity contribution in [2.75, 3.05) is 0 Å². The number of benzene rings is 2. The zero-order valence-electron chi connectivity index (χ0n) is 16.4. The number of nitrogens with zero attached hydrogens (tertiary/aromatic N) is 5. The Morgan fingerprint density at radius 2 is 1.67 bits per heavy atom. The summed E-state index contributed by atoms with van der Waals surface area (Å²) in [6.07, 6.45) is 5.40. The molecule has 6 heteroatoms. The summed E-state index contributed by atoms with van der Waals surface area (Å²) in [7, 11) is 0. The van der Waals surface area contributed by atoms with Crippen LogP contribution in [-0.2, 0) is 5.75 Å². The summed E-state index contributed by atoms with van der Waals surface area (Å²) in [5, 5.41) is 11.1. The molecule has 0 amide bonds. The molecule has 0 atom stereocenters. The lowest BCUT2D eigenvalue weighted by Crippen LogP contribution is -2.02. The smallest absolute Gasteiger partial charge is 0.196 e. The molecule has 5 rings (SSSR count). The fourth-order valence-corrected chi connectivity index (χ4v) is 4.44. The lowest BCUT2D eigenvalue weighted by Gasteiger charge is -2.13. The minimum atomic E-state index is 0.759. The van der Waals surface area contributed by atoms with Gasteiger partial charge in [-0.15, -0.1) is 10.2 Å².